The maximum absolute atomic E-state index is 13.8. The summed E-state index contributed by atoms with van der Waals surface area (Å²) >= 11 is 0. The number of pyridine rings is 1. The first kappa shape index (κ1) is 13.0. The molecule has 2 aromatic rings. The predicted molar refractivity (Wildman–Crippen MR) is 74.4 cm³/mol. The van der Waals surface area contributed by atoms with Crippen LogP contribution in [0.3, 0.4) is 0 Å². The third-order valence-corrected chi connectivity index (χ3v) is 3.68. The summed E-state index contributed by atoms with van der Waals surface area (Å²) in [6.45, 7) is 2.96. The zero-order chi connectivity index (χ0) is 13.9. The Morgan fingerprint density at radius 2 is 2.35 bits per heavy atom. The Kier molecular flexibility index (Phi) is 3.59. The molecule has 0 spiro atoms. The van der Waals surface area contributed by atoms with E-state index in [9.17, 15) is 9.65 Å². The highest BCUT2D eigenvalue weighted by atomic mass is 19.1. The summed E-state index contributed by atoms with van der Waals surface area (Å²) < 4.78 is 13.8. The average molecular weight is 270 g/mol. The molecule has 0 aliphatic carbocycles. The van der Waals surface area contributed by atoms with Crippen molar-refractivity contribution in [2.24, 2.45) is 0 Å². The number of piperazine rings is 1. The van der Waals surface area contributed by atoms with Gasteiger partial charge in [0.05, 0.1) is 11.6 Å². The molecule has 1 saturated heterocycles. The van der Waals surface area contributed by atoms with Gasteiger partial charge in [-0.05, 0) is 23.8 Å². The molecule has 0 bridgehead atoms. The van der Waals surface area contributed by atoms with Gasteiger partial charge in [-0.3, -0.25) is 9.88 Å². The summed E-state index contributed by atoms with van der Waals surface area (Å²) in [7, 11) is 0. The van der Waals surface area contributed by atoms with Gasteiger partial charge < -0.3 is 5.32 Å². The van der Waals surface area contributed by atoms with Crippen molar-refractivity contribution < 1.29 is 4.39 Å². The summed E-state index contributed by atoms with van der Waals surface area (Å²) in [5.41, 5.74) is 1.65. The normalized spacial score (nSPS) is 19.9. The van der Waals surface area contributed by atoms with Crippen LogP contribution in [-0.2, 0) is 6.54 Å². The Hall–Kier alpha value is -2.03. The second kappa shape index (κ2) is 5.53. The molecule has 20 heavy (non-hydrogen) atoms. The molecule has 0 amide bonds. The van der Waals surface area contributed by atoms with E-state index in [0.29, 0.717) is 24.0 Å². The molecule has 1 fully saturated rings. The number of nitriles is 1. The number of rotatable bonds is 2. The number of halogens is 1. The van der Waals surface area contributed by atoms with Gasteiger partial charge in [-0.1, -0.05) is 6.07 Å². The molecule has 2 heterocycles. The summed E-state index contributed by atoms with van der Waals surface area (Å²) in [5.74, 6) is -0.256. The second-order valence-electron chi connectivity index (χ2n) is 4.93. The Balaban J connectivity index is 1.95. The number of hydrogen-bond donors (Lipinski definition) is 1. The molecular formula is C15H15FN4. The van der Waals surface area contributed by atoms with Gasteiger partial charge >= 0.3 is 0 Å². The Bertz CT molecular complexity index is 664. The lowest BCUT2D eigenvalue weighted by molar-refractivity contribution is 0.190. The molecule has 0 saturated carbocycles. The topological polar surface area (TPSA) is 52.0 Å². The molecule has 1 unspecified atom stereocenters. The van der Waals surface area contributed by atoms with Crippen molar-refractivity contribution in [2.45, 2.75) is 12.6 Å². The molecule has 3 rings (SSSR count). The number of nitrogens with zero attached hydrogens (tertiary/aromatic N) is 3. The first-order chi connectivity index (χ1) is 9.79. The number of fused-ring (bicyclic) bond motifs is 1. The van der Waals surface area contributed by atoms with E-state index in [2.05, 4.69) is 21.3 Å². The van der Waals surface area contributed by atoms with Crippen molar-refractivity contribution in [3.8, 4) is 6.07 Å². The van der Waals surface area contributed by atoms with Crippen LogP contribution in [0, 0.1) is 17.1 Å². The van der Waals surface area contributed by atoms with E-state index in [0.717, 1.165) is 18.7 Å². The van der Waals surface area contributed by atoms with Gasteiger partial charge in [-0.15, -0.1) is 0 Å². The van der Waals surface area contributed by atoms with Gasteiger partial charge in [0.1, 0.15) is 11.9 Å². The van der Waals surface area contributed by atoms with Crippen LogP contribution < -0.4 is 5.32 Å². The maximum Gasteiger partial charge on any atom is 0.132 e. The summed E-state index contributed by atoms with van der Waals surface area (Å²) in [5, 5.41) is 12.9. The van der Waals surface area contributed by atoms with Crippen LogP contribution in [0.5, 0.6) is 0 Å². The lowest BCUT2D eigenvalue weighted by Gasteiger charge is -2.32. The first-order valence-corrected chi connectivity index (χ1v) is 6.66. The molecule has 1 aromatic carbocycles. The van der Waals surface area contributed by atoms with E-state index >= 15 is 0 Å². The van der Waals surface area contributed by atoms with Crippen LogP contribution in [0.2, 0.25) is 0 Å². The highest BCUT2D eigenvalue weighted by Crippen LogP contribution is 2.21. The number of hydrogen-bond acceptors (Lipinski definition) is 4. The first-order valence-electron chi connectivity index (χ1n) is 6.66. The SMILES string of the molecule is N#CC1CNCCN1Cc1ccc(F)c2cccnc12. The molecule has 1 aromatic heterocycles. The minimum absolute atomic E-state index is 0.146. The molecule has 5 heteroatoms. The Morgan fingerprint density at radius 1 is 1.45 bits per heavy atom. The number of nitrogens with one attached hydrogen (secondary N) is 1. The Labute approximate surface area is 116 Å². The fourth-order valence-electron chi connectivity index (χ4n) is 2.61. The third-order valence-electron chi connectivity index (χ3n) is 3.68. The van der Waals surface area contributed by atoms with Crippen LogP contribution in [-0.4, -0.2) is 35.6 Å². The monoisotopic (exact) mass is 270 g/mol. The Morgan fingerprint density at radius 3 is 3.20 bits per heavy atom. The van der Waals surface area contributed by atoms with Crippen molar-refractivity contribution in [1.29, 1.82) is 5.26 Å². The van der Waals surface area contributed by atoms with Crippen molar-refractivity contribution in [2.75, 3.05) is 19.6 Å². The molecule has 0 radical (unpaired) electrons. The minimum atomic E-state index is -0.256. The highest BCUT2D eigenvalue weighted by molar-refractivity contribution is 5.82. The maximum atomic E-state index is 13.8. The predicted octanol–water partition coefficient (Wildman–Crippen LogP) is 1.67. The summed E-state index contributed by atoms with van der Waals surface area (Å²) in [6.07, 6.45) is 1.67. The van der Waals surface area contributed by atoms with Crippen molar-refractivity contribution in [3.63, 3.8) is 0 Å². The fraction of sp³-hybridized carbons (Fsp3) is 0.333. The van der Waals surface area contributed by atoms with Crippen molar-refractivity contribution in [3.05, 3.63) is 41.8 Å². The molecule has 1 aliphatic rings. The largest absolute Gasteiger partial charge is 0.313 e. The van der Waals surface area contributed by atoms with Gasteiger partial charge in [0.2, 0.25) is 0 Å². The number of aromatic nitrogens is 1. The van der Waals surface area contributed by atoms with Gasteiger partial charge in [0.25, 0.3) is 0 Å². The fourth-order valence-corrected chi connectivity index (χ4v) is 2.61. The smallest absolute Gasteiger partial charge is 0.132 e. The summed E-state index contributed by atoms with van der Waals surface area (Å²) in [6, 6.07) is 8.87. The van der Waals surface area contributed by atoms with E-state index in [1.807, 2.05) is 0 Å². The lowest BCUT2D eigenvalue weighted by Crippen LogP contribution is -2.50. The van der Waals surface area contributed by atoms with Crippen molar-refractivity contribution >= 4 is 10.9 Å². The van der Waals surface area contributed by atoms with Gasteiger partial charge in [-0.25, -0.2) is 4.39 Å². The zero-order valence-electron chi connectivity index (χ0n) is 11.0. The van der Waals surface area contributed by atoms with Gasteiger partial charge in [0.15, 0.2) is 0 Å². The standard InChI is InChI=1S/C15H15FN4/c16-14-4-3-11(15-13(14)2-1-5-19-15)10-20-7-6-18-9-12(20)8-17/h1-5,12,18H,6-7,9-10H2. The van der Waals surface area contributed by atoms with Crippen LogP contribution in [0.25, 0.3) is 10.9 Å². The van der Waals surface area contributed by atoms with E-state index in [1.54, 1.807) is 24.4 Å². The van der Waals surface area contributed by atoms with Crippen molar-refractivity contribution in [1.82, 2.24) is 15.2 Å². The molecule has 102 valence electrons. The average Bonchev–Trinajstić information content (AvgIpc) is 2.51. The van der Waals surface area contributed by atoms with Gasteiger partial charge in [-0.2, -0.15) is 5.26 Å². The van der Waals surface area contributed by atoms with Crippen LogP contribution in [0.4, 0.5) is 4.39 Å². The number of benzene rings is 1. The van der Waals surface area contributed by atoms with E-state index in [4.69, 9.17) is 0 Å². The zero-order valence-corrected chi connectivity index (χ0v) is 11.0. The lowest BCUT2D eigenvalue weighted by atomic mass is 10.1. The van der Waals surface area contributed by atoms with Gasteiger partial charge in [0, 0.05) is 37.8 Å². The van der Waals surface area contributed by atoms with Crippen LogP contribution in [0.15, 0.2) is 30.5 Å². The van der Waals surface area contributed by atoms with E-state index in [1.165, 1.54) is 6.07 Å². The molecule has 1 aliphatic heterocycles. The molecule has 4 nitrogen and oxygen atoms in total. The van der Waals surface area contributed by atoms with E-state index < -0.39 is 0 Å². The molecular weight excluding hydrogens is 255 g/mol. The van der Waals surface area contributed by atoms with Crippen LogP contribution >= 0.6 is 0 Å². The molecule has 1 N–H and O–H groups in total. The molecule has 1 atom stereocenters. The summed E-state index contributed by atoms with van der Waals surface area (Å²) in [4.78, 5) is 6.40. The highest BCUT2D eigenvalue weighted by Gasteiger charge is 2.22. The van der Waals surface area contributed by atoms with Crippen LogP contribution in [0.1, 0.15) is 5.56 Å². The minimum Gasteiger partial charge on any atom is -0.313 e. The van der Waals surface area contributed by atoms with E-state index in [-0.39, 0.29) is 11.9 Å². The second-order valence-corrected chi connectivity index (χ2v) is 4.93. The third kappa shape index (κ3) is 2.36. The quantitative estimate of drug-likeness (QED) is 0.902.